The van der Waals surface area contributed by atoms with Gasteiger partial charge in [-0.05, 0) is 42.8 Å². The zero-order chi connectivity index (χ0) is 22.7. The Kier molecular flexibility index (Phi) is 7.08. The fourth-order valence-electron chi connectivity index (χ4n) is 3.46. The minimum absolute atomic E-state index is 0.0414. The third-order valence-corrected chi connectivity index (χ3v) is 6.96. The molecule has 1 aromatic heterocycles. The van der Waals surface area contributed by atoms with Gasteiger partial charge in [-0.2, -0.15) is 0 Å². The fraction of sp³-hybridized carbons (Fsp3) is 0.261. The topological polar surface area (TPSA) is 66.7 Å². The van der Waals surface area contributed by atoms with Crippen molar-refractivity contribution in [2.24, 2.45) is 0 Å². The third-order valence-electron chi connectivity index (χ3n) is 5.15. The minimum Gasteiger partial charge on any atom is -0.351 e. The molecule has 6 nitrogen and oxygen atoms in total. The Morgan fingerprint density at radius 2 is 1.72 bits per heavy atom. The molecule has 1 aliphatic rings. The predicted molar refractivity (Wildman–Crippen MR) is 126 cm³/mol. The van der Waals surface area contributed by atoms with Crippen molar-refractivity contribution < 1.29 is 14.1 Å². The molecule has 0 bridgehead atoms. The number of halogens is 2. The molecule has 0 saturated carbocycles. The van der Waals surface area contributed by atoms with Crippen molar-refractivity contribution in [2.75, 3.05) is 26.2 Å². The van der Waals surface area contributed by atoms with Crippen LogP contribution in [0.1, 0.15) is 32.2 Å². The van der Waals surface area contributed by atoms with Crippen molar-refractivity contribution >= 4 is 46.8 Å². The summed E-state index contributed by atoms with van der Waals surface area (Å²) in [5.74, 6) is 0.656. The van der Waals surface area contributed by atoms with Gasteiger partial charge in [0.25, 0.3) is 11.8 Å². The second-order valence-corrected chi connectivity index (χ2v) is 9.34. The molecule has 1 aliphatic heterocycles. The summed E-state index contributed by atoms with van der Waals surface area (Å²) < 4.78 is 5.07. The van der Waals surface area contributed by atoms with E-state index in [2.05, 4.69) is 5.16 Å². The summed E-state index contributed by atoms with van der Waals surface area (Å²) in [5, 5.41) is 5.05. The average Bonchev–Trinajstić information content (AvgIpc) is 3.25. The molecule has 0 radical (unpaired) electrons. The van der Waals surface area contributed by atoms with Gasteiger partial charge in [0.15, 0.2) is 0 Å². The molecular weight excluding hydrogens is 469 g/mol. The van der Waals surface area contributed by atoms with E-state index in [0.29, 0.717) is 53.2 Å². The van der Waals surface area contributed by atoms with Crippen LogP contribution in [0.5, 0.6) is 0 Å². The van der Waals surface area contributed by atoms with E-state index in [0.717, 1.165) is 10.5 Å². The van der Waals surface area contributed by atoms with Crippen LogP contribution in [0.25, 0.3) is 0 Å². The molecule has 3 aromatic rings. The smallest absolute Gasteiger partial charge is 0.292 e. The SMILES string of the molecule is Cc1cc(C(=O)N2CCN(C(=O)c3cccc(CSc4cc(Cl)ccc4Cl)c3)CC2)on1. The molecule has 1 fully saturated rings. The van der Waals surface area contributed by atoms with Gasteiger partial charge in [-0.25, -0.2) is 0 Å². The van der Waals surface area contributed by atoms with E-state index in [4.69, 9.17) is 27.7 Å². The first-order valence-corrected chi connectivity index (χ1v) is 11.8. The van der Waals surface area contributed by atoms with Crippen LogP contribution in [0.4, 0.5) is 0 Å². The maximum absolute atomic E-state index is 13.0. The number of nitrogens with zero attached hydrogens (tertiary/aromatic N) is 3. The molecule has 0 N–H and O–H groups in total. The Morgan fingerprint density at radius 3 is 2.41 bits per heavy atom. The average molecular weight is 490 g/mol. The molecule has 166 valence electrons. The number of carbonyl (C=O) groups is 2. The van der Waals surface area contributed by atoms with Crippen LogP contribution in [-0.2, 0) is 5.75 Å². The standard InChI is InChI=1S/C23H21Cl2N3O3S/c1-15-11-20(31-26-15)23(30)28-9-7-27(8-10-28)22(29)17-4-2-3-16(12-17)14-32-21-13-18(24)5-6-19(21)25/h2-6,11-13H,7-10,14H2,1H3. The fourth-order valence-corrected chi connectivity index (χ4v) is 4.89. The van der Waals surface area contributed by atoms with Gasteiger partial charge in [0.2, 0.25) is 5.76 Å². The number of benzene rings is 2. The molecule has 2 aromatic carbocycles. The van der Waals surface area contributed by atoms with E-state index in [1.165, 1.54) is 0 Å². The van der Waals surface area contributed by atoms with Gasteiger partial charge in [-0.15, -0.1) is 11.8 Å². The van der Waals surface area contributed by atoms with Gasteiger partial charge < -0.3 is 14.3 Å². The van der Waals surface area contributed by atoms with Gasteiger partial charge in [-0.1, -0.05) is 40.5 Å². The summed E-state index contributed by atoms with van der Waals surface area (Å²) in [7, 11) is 0. The van der Waals surface area contributed by atoms with Gasteiger partial charge in [0.05, 0.1) is 10.7 Å². The maximum Gasteiger partial charge on any atom is 0.292 e. The zero-order valence-corrected chi connectivity index (χ0v) is 19.7. The summed E-state index contributed by atoms with van der Waals surface area (Å²) in [4.78, 5) is 29.9. The van der Waals surface area contributed by atoms with E-state index in [1.54, 1.807) is 46.7 Å². The van der Waals surface area contributed by atoms with Crippen LogP contribution < -0.4 is 0 Å². The Balaban J connectivity index is 1.36. The Morgan fingerprint density at radius 1 is 1.00 bits per heavy atom. The molecule has 0 atom stereocenters. The van der Waals surface area contributed by atoms with Crippen molar-refractivity contribution in [3.05, 3.63) is 81.2 Å². The molecule has 9 heteroatoms. The number of piperazine rings is 1. The number of carbonyl (C=O) groups excluding carboxylic acids is 2. The number of hydrogen-bond donors (Lipinski definition) is 0. The molecule has 0 unspecified atom stereocenters. The lowest BCUT2D eigenvalue weighted by atomic mass is 10.1. The van der Waals surface area contributed by atoms with E-state index < -0.39 is 0 Å². The number of hydrogen-bond acceptors (Lipinski definition) is 5. The number of aryl methyl sites for hydroxylation is 1. The molecule has 0 spiro atoms. The largest absolute Gasteiger partial charge is 0.351 e. The normalized spacial score (nSPS) is 14.0. The number of aromatic nitrogens is 1. The third kappa shape index (κ3) is 5.28. The Labute approximate surface area is 200 Å². The van der Waals surface area contributed by atoms with Crippen molar-refractivity contribution in [1.29, 1.82) is 0 Å². The summed E-state index contributed by atoms with van der Waals surface area (Å²) >= 11 is 13.9. The lowest BCUT2D eigenvalue weighted by Crippen LogP contribution is -2.50. The van der Waals surface area contributed by atoms with Crippen LogP contribution in [0, 0.1) is 6.92 Å². The number of amides is 2. The van der Waals surface area contributed by atoms with Crippen molar-refractivity contribution in [3.8, 4) is 0 Å². The lowest BCUT2D eigenvalue weighted by Gasteiger charge is -2.34. The molecule has 0 aliphatic carbocycles. The molecular formula is C23H21Cl2N3O3S. The van der Waals surface area contributed by atoms with Crippen LogP contribution in [0.2, 0.25) is 10.0 Å². The predicted octanol–water partition coefficient (Wildman–Crippen LogP) is 5.18. The zero-order valence-electron chi connectivity index (χ0n) is 17.4. The highest BCUT2D eigenvalue weighted by Gasteiger charge is 2.27. The van der Waals surface area contributed by atoms with Crippen molar-refractivity contribution in [2.45, 2.75) is 17.6 Å². The van der Waals surface area contributed by atoms with Crippen LogP contribution in [0.3, 0.4) is 0 Å². The molecule has 32 heavy (non-hydrogen) atoms. The van der Waals surface area contributed by atoms with Gasteiger partial charge in [0, 0.05) is 53.5 Å². The first-order chi connectivity index (χ1) is 15.4. The Bertz CT molecular complexity index is 1140. The second-order valence-electron chi connectivity index (χ2n) is 7.48. The first kappa shape index (κ1) is 22.7. The highest BCUT2D eigenvalue weighted by atomic mass is 35.5. The summed E-state index contributed by atoms with van der Waals surface area (Å²) in [6.07, 6.45) is 0. The highest BCUT2D eigenvalue weighted by molar-refractivity contribution is 7.98. The van der Waals surface area contributed by atoms with Crippen LogP contribution in [0.15, 0.2) is 57.9 Å². The van der Waals surface area contributed by atoms with E-state index in [1.807, 2.05) is 30.3 Å². The Hall–Kier alpha value is -2.48. The number of rotatable bonds is 5. The van der Waals surface area contributed by atoms with Gasteiger partial charge in [0.1, 0.15) is 0 Å². The van der Waals surface area contributed by atoms with Crippen molar-refractivity contribution in [3.63, 3.8) is 0 Å². The highest BCUT2D eigenvalue weighted by Crippen LogP contribution is 2.32. The number of thioether (sulfide) groups is 1. The van der Waals surface area contributed by atoms with E-state index >= 15 is 0 Å². The van der Waals surface area contributed by atoms with Crippen LogP contribution >= 0.6 is 35.0 Å². The second kappa shape index (κ2) is 9.98. The summed E-state index contributed by atoms with van der Waals surface area (Å²) in [6, 6.07) is 14.6. The molecule has 4 rings (SSSR count). The minimum atomic E-state index is -0.198. The monoisotopic (exact) mass is 489 g/mol. The summed E-state index contributed by atoms with van der Waals surface area (Å²) in [6.45, 7) is 3.61. The maximum atomic E-state index is 13.0. The van der Waals surface area contributed by atoms with Gasteiger partial charge in [-0.3, -0.25) is 9.59 Å². The lowest BCUT2D eigenvalue weighted by molar-refractivity contribution is 0.0512. The van der Waals surface area contributed by atoms with E-state index in [-0.39, 0.29) is 17.6 Å². The van der Waals surface area contributed by atoms with Crippen LogP contribution in [-0.4, -0.2) is 52.9 Å². The van der Waals surface area contributed by atoms with Gasteiger partial charge >= 0.3 is 0 Å². The van der Waals surface area contributed by atoms with E-state index in [9.17, 15) is 9.59 Å². The molecule has 2 amide bonds. The molecule has 1 saturated heterocycles. The van der Waals surface area contributed by atoms with Crippen molar-refractivity contribution in [1.82, 2.24) is 15.0 Å². The molecule has 2 heterocycles. The quantitative estimate of drug-likeness (QED) is 0.461. The first-order valence-electron chi connectivity index (χ1n) is 10.1. The summed E-state index contributed by atoms with van der Waals surface area (Å²) in [5.41, 5.74) is 2.31.